The molecule has 0 rings (SSSR count). The summed E-state index contributed by atoms with van der Waals surface area (Å²) in [6.45, 7) is 11.0. The van der Waals surface area contributed by atoms with Gasteiger partial charge in [0, 0.05) is 31.0 Å². The van der Waals surface area contributed by atoms with Crippen molar-refractivity contribution in [3.63, 3.8) is 0 Å². The van der Waals surface area contributed by atoms with Crippen LogP contribution in [0.2, 0.25) is 0 Å². The van der Waals surface area contributed by atoms with Crippen LogP contribution in [0, 0.1) is 0 Å². The van der Waals surface area contributed by atoms with Gasteiger partial charge in [0.1, 0.15) is 0 Å². The van der Waals surface area contributed by atoms with E-state index in [0.29, 0.717) is 19.4 Å². The molecule has 0 aromatic rings. The van der Waals surface area contributed by atoms with Gasteiger partial charge >= 0.3 is 0 Å². The first-order chi connectivity index (χ1) is 8.24. The molecule has 0 aliphatic carbocycles. The Morgan fingerprint density at radius 3 is 2.28 bits per heavy atom. The summed E-state index contributed by atoms with van der Waals surface area (Å²) in [4.78, 5) is 23.0. The molecule has 1 unspecified atom stereocenters. The number of carbonyl (C=O) groups is 2. The second-order valence-electron chi connectivity index (χ2n) is 5.56. The zero-order chi connectivity index (χ0) is 14.2. The molecular weight excluding hydrogens is 230 g/mol. The quantitative estimate of drug-likeness (QED) is 0.631. The first-order valence-electron chi connectivity index (χ1n) is 6.55. The number of amides is 2. The van der Waals surface area contributed by atoms with Gasteiger partial charge in [0.2, 0.25) is 11.8 Å². The van der Waals surface area contributed by atoms with Crippen LogP contribution in [0.15, 0.2) is 0 Å². The lowest BCUT2D eigenvalue weighted by Gasteiger charge is -2.20. The Morgan fingerprint density at radius 2 is 1.78 bits per heavy atom. The molecule has 18 heavy (non-hydrogen) atoms. The van der Waals surface area contributed by atoms with Crippen LogP contribution in [0.5, 0.6) is 0 Å². The van der Waals surface area contributed by atoms with E-state index in [-0.39, 0.29) is 23.4 Å². The summed E-state index contributed by atoms with van der Waals surface area (Å²) in [5.74, 6) is -0.0606. The molecule has 0 saturated carbocycles. The summed E-state index contributed by atoms with van der Waals surface area (Å²) in [6, 6.07) is 0.165. The molecule has 106 valence electrons. The summed E-state index contributed by atoms with van der Waals surface area (Å²) in [7, 11) is 0. The molecule has 0 fully saturated rings. The van der Waals surface area contributed by atoms with Crippen molar-refractivity contribution in [1.82, 2.24) is 16.0 Å². The highest BCUT2D eigenvalue weighted by Crippen LogP contribution is 1.98. The van der Waals surface area contributed by atoms with Crippen molar-refractivity contribution in [2.75, 3.05) is 13.1 Å². The van der Waals surface area contributed by atoms with E-state index in [4.69, 9.17) is 0 Å². The van der Waals surface area contributed by atoms with Gasteiger partial charge in [-0.2, -0.15) is 0 Å². The van der Waals surface area contributed by atoms with Crippen molar-refractivity contribution >= 4 is 11.8 Å². The average Bonchev–Trinajstić information content (AvgIpc) is 2.14. The monoisotopic (exact) mass is 257 g/mol. The Bertz CT molecular complexity index is 272. The number of hydrogen-bond acceptors (Lipinski definition) is 3. The predicted octanol–water partition coefficient (Wildman–Crippen LogP) is 0.795. The first kappa shape index (κ1) is 16.9. The maximum atomic E-state index is 11.5. The maximum absolute atomic E-state index is 11.5. The van der Waals surface area contributed by atoms with Gasteiger partial charge < -0.3 is 16.0 Å². The number of nitrogens with one attached hydrogen (secondary N) is 3. The van der Waals surface area contributed by atoms with E-state index >= 15 is 0 Å². The predicted molar refractivity (Wildman–Crippen MR) is 73.3 cm³/mol. The van der Waals surface area contributed by atoms with Crippen LogP contribution >= 0.6 is 0 Å². The fourth-order valence-electron chi connectivity index (χ4n) is 1.57. The normalized spacial score (nSPS) is 12.9. The van der Waals surface area contributed by atoms with Crippen molar-refractivity contribution in [1.29, 1.82) is 0 Å². The molecule has 0 radical (unpaired) electrons. The van der Waals surface area contributed by atoms with E-state index in [0.717, 1.165) is 6.54 Å². The van der Waals surface area contributed by atoms with Gasteiger partial charge in [0.05, 0.1) is 0 Å². The van der Waals surface area contributed by atoms with Crippen LogP contribution in [0.4, 0.5) is 0 Å². The van der Waals surface area contributed by atoms with Gasteiger partial charge in [-0.1, -0.05) is 6.92 Å². The highest BCUT2D eigenvalue weighted by atomic mass is 16.2. The molecule has 5 nitrogen and oxygen atoms in total. The Labute approximate surface area is 110 Å². The lowest BCUT2D eigenvalue weighted by Crippen LogP contribution is -2.42. The molecule has 0 aliphatic rings. The Hall–Kier alpha value is -1.10. The topological polar surface area (TPSA) is 70.2 Å². The summed E-state index contributed by atoms with van der Waals surface area (Å²) in [6.07, 6.45) is 0.757. The molecule has 0 spiro atoms. The van der Waals surface area contributed by atoms with Gasteiger partial charge in [-0.05, 0) is 34.2 Å². The lowest BCUT2D eigenvalue weighted by atomic mass is 10.1. The summed E-state index contributed by atoms with van der Waals surface area (Å²) in [5.41, 5.74) is -0.222. The molecule has 3 N–H and O–H groups in total. The molecule has 0 saturated heterocycles. The van der Waals surface area contributed by atoms with Crippen LogP contribution in [-0.2, 0) is 9.59 Å². The molecule has 0 aromatic heterocycles. The molecular formula is C13H27N3O2. The van der Waals surface area contributed by atoms with E-state index < -0.39 is 0 Å². The average molecular weight is 257 g/mol. The molecule has 0 aliphatic heterocycles. The minimum absolute atomic E-state index is 0.0213. The highest BCUT2D eigenvalue weighted by molar-refractivity contribution is 5.79. The van der Waals surface area contributed by atoms with Gasteiger partial charge in [0.25, 0.3) is 0 Å². The third-order valence-corrected chi connectivity index (χ3v) is 2.23. The summed E-state index contributed by atoms with van der Waals surface area (Å²) < 4.78 is 0. The standard InChI is InChI=1S/C13H27N3O2/c1-6-14-10(2)9-12(18)15-8-7-11(17)16-13(3,4)5/h10,14H,6-9H2,1-5H3,(H,15,18)(H,16,17). The lowest BCUT2D eigenvalue weighted by molar-refractivity contribution is -0.123. The fraction of sp³-hybridized carbons (Fsp3) is 0.846. The molecule has 1 atom stereocenters. The van der Waals surface area contributed by atoms with Crippen molar-refractivity contribution in [2.24, 2.45) is 0 Å². The third kappa shape index (κ3) is 10.1. The number of rotatable bonds is 7. The second kappa shape index (κ2) is 8.08. The van der Waals surface area contributed by atoms with E-state index in [1.165, 1.54) is 0 Å². The van der Waals surface area contributed by atoms with Crippen LogP contribution in [0.3, 0.4) is 0 Å². The molecule has 2 amide bonds. The van der Waals surface area contributed by atoms with Crippen LogP contribution < -0.4 is 16.0 Å². The largest absolute Gasteiger partial charge is 0.356 e. The summed E-state index contributed by atoms with van der Waals surface area (Å²) >= 11 is 0. The Balaban J connectivity index is 3.71. The van der Waals surface area contributed by atoms with Gasteiger partial charge in [0.15, 0.2) is 0 Å². The minimum Gasteiger partial charge on any atom is -0.356 e. The number of carbonyl (C=O) groups excluding carboxylic acids is 2. The fourth-order valence-corrected chi connectivity index (χ4v) is 1.57. The zero-order valence-corrected chi connectivity index (χ0v) is 12.2. The molecule has 0 bridgehead atoms. The smallest absolute Gasteiger partial charge is 0.222 e. The third-order valence-electron chi connectivity index (χ3n) is 2.23. The van der Waals surface area contributed by atoms with Crippen molar-refractivity contribution in [2.45, 2.75) is 59.0 Å². The second-order valence-corrected chi connectivity index (χ2v) is 5.56. The van der Waals surface area contributed by atoms with Crippen LogP contribution in [-0.4, -0.2) is 36.5 Å². The first-order valence-corrected chi connectivity index (χ1v) is 6.55. The van der Waals surface area contributed by atoms with Crippen molar-refractivity contribution in [3.8, 4) is 0 Å². The van der Waals surface area contributed by atoms with Crippen molar-refractivity contribution in [3.05, 3.63) is 0 Å². The van der Waals surface area contributed by atoms with Gasteiger partial charge in [-0.25, -0.2) is 0 Å². The van der Waals surface area contributed by atoms with Gasteiger partial charge in [-0.3, -0.25) is 9.59 Å². The van der Waals surface area contributed by atoms with E-state index in [1.54, 1.807) is 0 Å². The maximum Gasteiger partial charge on any atom is 0.222 e. The minimum atomic E-state index is -0.222. The van der Waals surface area contributed by atoms with Crippen molar-refractivity contribution < 1.29 is 9.59 Å². The van der Waals surface area contributed by atoms with E-state index in [2.05, 4.69) is 16.0 Å². The zero-order valence-electron chi connectivity index (χ0n) is 12.2. The Kier molecular flexibility index (Phi) is 7.59. The number of hydrogen-bond donors (Lipinski definition) is 3. The van der Waals surface area contributed by atoms with Gasteiger partial charge in [-0.15, -0.1) is 0 Å². The SMILES string of the molecule is CCNC(C)CC(=O)NCCC(=O)NC(C)(C)C. The molecule has 0 aromatic carbocycles. The van der Waals surface area contributed by atoms with E-state index in [1.807, 2.05) is 34.6 Å². The van der Waals surface area contributed by atoms with Crippen LogP contribution in [0.1, 0.15) is 47.5 Å². The molecule has 0 heterocycles. The molecule has 5 heteroatoms. The summed E-state index contributed by atoms with van der Waals surface area (Å²) in [5, 5.41) is 8.77. The van der Waals surface area contributed by atoms with E-state index in [9.17, 15) is 9.59 Å². The highest BCUT2D eigenvalue weighted by Gasteiger charge is 2.13. The van der Waals surface area contributed by atoms with Crippen LogP contribution in [0.25, 0.3) is 0 Å². The Morgan fingerprint density at radius 1 is 1.17 bits per heavy atom.